The molecule has 0 saturated heterocycles. The summed E-state index contributed by atoms with van der Waals surface area (Å²) in [6, 6.07) is 1.17. The summed E-state index contributed by atoms with van der Waals surface area (Å²) < 4.78 is 4.41. The monoisotopic (exact) mass is 263 g/mol. The molecule has 7 heteroatoms. The lowest BCUT2D eigenvalue weighted by Crippen LogP contribution is -2.16. The van der Waals surface area contributed by atoms with Gasteiger partial charge in [0.15, 0.2) is 0 Å². The highest BCUT2D eigenvalue weighted by Gasteiger charge is 2.20. The van der Waals surface area contributed by atoms with Crippen molar-refractivity contribution in [2.24, 2.45) is 5.73 Å². The molecule has 5 N–H and O–H groups in total. The number of hydrogen-bond acceptors (Lipinski definition) is 6. The van der Waals surface area contributed by atoms with Gasteiger partial charge in [-0.15, -0.1) is 12.4 Å². The van der Waals surface area contributed by atoms with Gasteiger partial charge in [0, 0.05) is 18.2 Å². The van der Waals surface area contributed by atoms with Gasteiger partial charge in [0.05, 0.1) is 19.1 Å². The van der Waals surface area contributed by atoms with Gasteiger partial charge in [-0.05, 0) is 0 Å². The first-order chi connectivity index (χ1) is 7.45. The Bertz CT molecular complexity index is 387. The summed E-state index contributed by atoms with van der Waals surface area (Å²) in [6.45, 7) is 0. The molecule has 0 heterocycles. The Morgan fingerprint density at radius 3 is 2.24 bits per heavy atom. The molecule has 0 unspecified atom stereocenters. The van der Waals surface area contributed by atoms with Gasteiger partial charge in [0.2, 0.25) is 0 Å². The minimum Gasteiger partial charge on any atom is -0.508 e. The number of halogens is 1. The number of ether oxygens (including phenoxy) is 1. The average Bonchev–Trinajstić information content (AvgIpc) is 2.15. The van der Waals surface area contributed by atoms with Crippen LogP contribution >= 0.6 is 12.4 Å². The SMILES string of the molecule is COC(=O)C[C@@H](N)c1c(O)cc(O)cc1O.Cl. The molecule has 0 spiro atoms. The lowest BCUT2D eigenvalue weighted by atomic mass is 10.0. The van der Waals surface area contributed by atoms with E-state index in [4.69, 9.17) is 10.8 Å². The molecular weight excluding hydrogens is 250 g/mol. The molecule has 6 nitrogen and oxygen atoms in total. The number of nitrogens with two attached hydrogens (primary N) is 1. The van der Waals surface area contributed by atoms with Crippen LogP contribution in [0.4, 0.5) is 0 Å². The number of aromatic hydroxyl groups is 3. The van der Waals surface area contributed by atoms with Crippen LogP contribution in [0, 0.1) is 0 Å². The van der Waals surface area contributed by atoms with Crippen LogP contribution in [0.25, 0.3) is 0 Å². The third kappa shape index (κ3) is 3.69. The zero-order valence-corrected chi connectivity index (χ0v) is 9.90. The first kappa shape index (κ1) is 15.3. The lowest BCUT2D eigenvalue weighted by molar-refractivity contribution is -0.141. The average molecular weight is 264 g/mol. The van der Waals surface area contributed by atoms with Crippen molar-refractivity contribution < 1.29 is 24.9 Å². The number of carbonyl (C=O) groups is 1. The number of phenolic OH excluding ortho intramolecular Hbond substituents is 3. The zero-order chi connectivity index (χ0) is 12.3. The molecular formula is C10H14ClNO5. The Labute approximate surface area is 104 Å². The second kappa shape index (κ2) is 6.17. The maximum atomic E-state index is 11.0. The fourth-order valence-electron chi connectivity index (χ4n) is 1.35. The molecule has 96 valence electrons. The second-order valence-electron chi connectivity index (χ2n) is 3.28. The summed E-state index contributed by atoms with van der Waals surface area (Å²) >= 11 is 0. The number of rotatable bonds is 3. The van der Waals surface area contributed by atoms with E-state index in [0.717, 1.165) is 12.1 Å². The van der Waals surface area contributed by atoms with Gasteiger partial charge in [-0.2, -0.15) is 0 Å². The van der Waals surface area contributed by atoms with Gasteiger partial charge in [-0.1, -0.05) is 0 Å². The Balaban J connectivity index is 0.00000256. The summed E-state index contributed by atoms with van der Waals surface area (Å²) in [5, 5.41) is 28.0. The molecule has 0 aliphatic carbocycles. The fraction of sp³-hybridized carbons (Fsp3) is 0.300. The van der Waals surface area contributed by atoms with E-state index in [2.05, 4.69) is 4.74 Å². The van der Waals surface area contributed by atoms with Crippen LogP contribution in [0.3, 0.4) is 0 Å². The molecule has 1 rings (SSSR count). The summed E-state index contributed by atoms with van der Waals surface area (Å²) in [6.07, 6.45) is -0.178. The van der Waals surface area contributed by atoms with Crippen LogP contribution in [0.5, 0.6) is 17.2 Å². The number of methoxy groups -OCH3 is 1. The van der Waals surface area contributed by atoms with Crippen LogP contribution in [-0.2, 0) is 9.53 Å². The molecule has 0 amide bonds. The van der Waals surface area contributed by atoms with E-state index in [-0.39, 0.29) is 41.6 Å². The van der Waals surface area contributed by atoms with Crippen LogP contribution in [0.15, 0.2) is 12.1 Å². The topological polar surface area (TPSA) is 113 Å². The normalized spacial score (nSPS) is 11.4. The molecule has 0 aromatic heterocycles. The Kier molecular flexibility index (Phi) is 5.57. The Morgan fingerprint density at radius 2 is 1.82 bits per heavy atom. The van der Waals surface area contributed by atoms with Crippen molar-refractivity contribution in [1.29, 1.82) is 0 Å². The minimum atomic E-state index is -0.895. The molecule has 0 aliphatic rings. The van der Waals surface area contributed by atoms with Crippen molar-refractivity contribution in [1.82, 2.24) is 0 Å². The molecule has 0 bridgehead atoms. The maximum Gasteiger partial charge on any atom is 0.307 e. The first-order valence-corrected chi connectivity index (χ1v) is 4.53. The Morgan fingerprint density at radius 1 is 1.35 bits per heavy atom. The maximum absolute atomic E-state index is 11.0. The van der Waals surface area contributed by atoms with Crippen molar-refractivity contribution in [2.75, 3.05) is 7.11 Å². The van der Waals surface area contributed by atoms with E-state index < -0.39 is 12.0 Å². The van der Waals surface area contributed by atoms with Crippen LogP contribution in [0.2, 0.25) is 0 Å². The summed E-state index contributed by atoms with van der Waals surface area (Å²) in [4.78, 5) is 11.0. The molecule has 0 aliphatic heterocycles. The highest BCUT2D eigenvalue weighted by atomic mass is 35.5. The molecule has 1 atom stereocenters. The molecule has 0 radical (unpaired) electrons. The van der Waals surface area contributed by atoms with Gasteiger partial charge >= 0.3 is 5.97 Å². The smallest absolute Gasteiger partial charge is 0.307 e. The largest absolute Gasteiger partial charge is 0.508 e. The molecule has 0 fully saturated rings. The fourth-order valence-corrected chi connectivity index (χ4v) is 1.35. The predicted molar refractivity (Wildman–Crippen MR) is 62.2 cm³/mol. The van der Waals surface area contributed by atoms with Crippen molar-refractivity contribution in [3.05, 3.63) is 17.7 Å². The Hall–Kier alpha value is -1.66. The summed E-state index contributed by atoms with van der Waals surface area (Å²) in [5.74, 6) is -1.58. The number of benzene rings is 1. The zero-order valence-electron chi connectivity index (χ0n) is 9.08. The molecule has 1 aromatic rings. The third-order valence-corrected chi connectivity index (χ3v) is 2.11. The van der Waals surface area contributed by atoms with E-state index in [1.54, 1.807) is 0 Å². The van der Waals surface area contributed by atoms with E-state index in [9.17, 15) is 15.0 Å². The number of hydrogen-bond donors (Lipinski definition) is 4. The number of carbonyl (C=O) groups excluding carboxylic acids is 1. The minimum absolute atomic E-state index is 0. The van der Waals surface area contributed by atoms with Crippen LogP contribution in [-0.4, -0.2) is 28.4 Å². The molecule has 1 aromatic carbocycles. The summed E-state index contributed by atoms with van der Waals surface area (Å²) in [5.41, 5.74) is 5.62. The van der Waals surface area contributed by atoms with Gasteiger partial charge in [0.25, 0.3) is 0 Å². The van der Waals surface area contributed by atoms with Gasteiger partial charge in [-0.3, -0.25) is 4.79 Å². The summed E-state index contributed by atoms with van der Waals surface area (Å²) in [7, 11) is 1.21. The predicted octanol–water partition coefficient (Wildman–Crippen LogP) is 0.788. The van der Waals surface area contributed by atoms with Gasteiger partial charge in [-0.25, -0.2) is 0 Å². The van der Waals surface area contributed by atoms with E-state index in [1.165, 1.54) is 7.11 Å². The van der Waals surface area contributed by atoms with E-state index in [1.807, 2.05) is 0 Å². The van der Waals surface area contributed by atoms with E-state index >= 15 is 0 Å². The van der Waals surface area contributed by atoms with Gasteiger partial charge in [0.1, 0.15) is 17.2 Å². The highest BCUT2D eigenvalue weighted by Crippen LogP contribution is 2.36. The van der Waals surface area contributed by atoms with Crippen LogP contribution in [0.1, 0.15) is 18.0 Å². The van der Waals surface area contributed by atoms with Crippen molar-refractivity contribution in [3.8, 4) is 17.2 Å². The standard InChI is InChI=1S/C10H13NO5.ClH/c1-16-9(15)4-6(11)10-7(13)2-5(12)3-8(10)14;/h2-3,6,12-14H,4,11H2,1H3;1H/t6-;/m1./s1. The van der Waals surface area contributed by atoms with Gasteiger partial charge < -0.3 is 25.8 Å². The van der Waals surface area contributed by atoms with Crippen LogP contribution < -0.4 is 5.73 Å². The second-order valence-corrected chi connectivity index (χ2v) is 3.28. The van der Waals surface area contributed by atoms with Crippen molar-refractivity contribution in [3.63, 3.8) is 0 Å². The molecule has 17 heavy (non-hydrogen) atoms. The molecule has 0 saturated carbocycles. The third-order valence-electron chi connectivity index (χ3n) is 2.11. The highest BCUT2D eigenvalue weighted by molar-refractivity contribution is 5.85. The lowest BCUT2D eigenvalue weighted by Gasteiger charge is -2.14. The number of phenols is 3. The van der Waals surface area contributed by atoms with E-state index in [0.29, 0.717) is 0 Å². The number of esters is 1. The quantitative estimate of drug-likeness (QED) is 0.600. The van der Waals surface area contributed by atoms with Crippen molar-refractivity contribution >= 4 is 18.4 Å². The first-order valence-electron chi connectivity index (χ1n) is 4.53. The van der Waals surface area contributed by atoms with Crippen molar-refractivity contribution in [2.45, 2.75) is 12.5 Å².